The monoisotopic (exact) mass is 519 g/mol. The van der Waals surface area contributed by atoms with Gasteiger partial charge in [0.15, 0.2) is 11.0 Å². The van der Waals surface area contributed by atoms with Crippen molar-refractivity contribution in [3.8, 4) is 5.75 Å². The lowest BCUT2D eigenvalue weighted by Crippen LogP contribution is -2.46. The molecule has 0 bridgehead atoms. The second-order valence-electron chi connectivity index (χ2n) is 9.85. The number of primary amides is 1. The van der Waals surface area contributed by atoms with Crippen LogP contribution in [-0.2, 0) is 4.74 Å². The minimum absolute atomic E-state index is 0.0693. The molecule has 7 nitrogen and oxygen atoms in total. The number of nitrogens with zero attached hydrogens (tertiary/aromatic N) is 1. The number of aromatic amines is 1. The van der Waals surface area contributed by atoms with E-state index in [0.717, 1.165) is 25.8 Å². The largest absolute Gasteiger partial charge is 0.496 e. The molecule has 5 rings (SSSR count). The highest BCUT2D eigenvalue weighted by Gasteiger charge is 2.65. The molecule has 37 heavy (non-hydrogen) atoms. The first-order valence-electron chi connectivity index (χ1n) is 11.8. The van der Waals surface area contributed by atoms with Gasteiger partial charge in [0.25, 0.3) is 5.91 Å². The number of hydrogen-bond acceptors (Lipinski definition) is 5. The predicted octanol–water partition coefficient (Wildman–Crippen LogP) is 4.86. The number of alkyl halides is 3. The molecule has 3 heterocycles. The second-order valence-corrected chi connectivity index (χ2v) is 9.85. The van der Waals surface area contributed by atoms with Crippen LogP contribution in [0, 0.1) is 11.7 Å². The van der Waals surface area contributed by atoms with E-state index < -0.39 is 46.9 Å². The number of rotatable bonds is 5. The summed E-state index contributed by atoms with van der Waals surface area (Å²) in [5.41, 5.74) is 2.82. The fourth-order valence-electron chi connectivity index (χ4n) is 5.46. The second kappa shape index (κ2) is 8.54. The quantitative estimate of drug-likeness (QED) is 0.469. The molecule has 2 aliphatic rings. The molecule has 196 valence electrons. The number of nitrogens with one attached hydrogen (secondary N) is 1. The van der Waals surface area contributed by atoms with Crippen molar-refractivity contribution in [2.75, 3.05) is 7.11 Å². The van der Waals surface area contributed by atoms with Crippen molar-refractivity contribution in [3.05, 3.63) is 69.0 Å². The van der Waals surface area contributed by atoms with Crippen LogP contribution in [0.3, 0.4) is 0 Å². The molecule has 1 saturated heterocycles. The van der Waals surface area contributed by atoms with Gasteiger partial charge >= 0.3 is 6.18 Å². The molecule has 1 aromatic carbocycles. The summed E-state index contributed by atoms with van der Waals surface area (Å²) in [6.07, 6.45) is -3.24. The number of hydrogen-bond donors (Lipinski definition) is 2. The van der Waals surface area contributed by atoms with Crippen molar-refractivity contribution in [2.24, 2.45) is 11.7 Å². The summed E-state index contributed by atoms with van der Waals surface area (Å²) >= 11 is 0. The Morgan fingerprint density at radius 2 is 1.97 bits per heavy atom. The Labute approximate surface area is 209 Å². The molecule has 3 aromatic rings. The highest BCUT2D eigenvalue weighted by molar-refractivity contribution is 6.03. The van der Waals surface area contributed by atoms with E-state index in [9.17, 15) is 27.2 Å². The van der Waals surface area contributed by atoms with Crippen molar-refractivity contribution in [1.82, 2.24) is 9.97 Å². The van der Waals surface area contributed by atoms with Crippen molar-refractivity contribution >= 4 is 16.8 Å². The molecule has 2 aromatic heterocycles. The molecule has 0 unspecified atom stereocenters. The van der Waals surface area contributed by atoms with Gasteiger partial charge in [0.1, 0.15) is 23.4 Å². The van der Waals surface area contributed by atoms with Gasteiger partial charge < -0.3 is 20.2 Å². The fraction of sp³-hybridized carbons (Fsp3) is 0.423. The van der Waals surface area contributed by atoms with Crippen LogP contribution in [0.25, 0.3) is 10.9 Å². The Balaban J connectivity index is 1.74. The third kappa shape index (κ3) is 3.87. The normalized spacial score (nSPS) is 26.0. The zero-order chi connectivity index (χ0) is 26.9. The van der Waals surface area contributed by atoms with Crippen LogP contribution in [0.15, 0.2) is 35.3 Å². The number of carbonyl (C=O) groups is 1. The molecular weight excluding hydrogens is 494 g/mol. The highest BCUT2D eigenvalue weighted by Crippen LogP contribution is 2.60. The first-order valence-corrected chi connectivity index (χ1v) is 11.8. The molecule has 3 N–H and O–H groups in total. The molecule has 1 aliphatic heterocycles. The summed E-state index contributed by atoms with van der Waals surface area (Å²) in [4.78, 5) is 31.7. The van der Waals surface area contributed by atoms with Gasteiger partial charge in [0.2, 0.25) is 0 Å². The lowest BCUT2D eigenvalue weighted by atomic mass is 9.76. The molecule has 11 heteroatoms. The van der Waals surface area contributed by atoms with Crippen LogP contribution in [-0.4, -0.2) is 34.8 Å². The van der Waals surface area contributed by atoms with Crippen molar-refractivity contribution in [3.63, 3.8) is 0 Å². The Morgan fingerprint density at radius 3 is 2.57 bits per heavy atom. The van der Waals surface area contributed by atoms with E-state index in [1.807, 2.05) is 0 Å². The van der Waals surface area contributed by atoms with Crippen LogP contribution in [0.1, 0.15) is 71.9 Å². The highest BCUT2D eigenvalue weighted by atomic mass is 19.4. The molecule has 1 aliphatic carbocycles. The van der Waals surface area contributed by atoms with Crippen LogP contribution >= 0.6 is 0 Å². The minimum Gasteiger partial charge on any atom is -0.496 e. The SMILES string of the molecule is COc1c([C@H]2[C@H](c3cc(=O)c4c(C(N)=O)nccc4[nH]3)O[C@@](C)(C(F)(F)F)[C@H]2C)ccc(F)c1C1CC1. The zero-order valence-corrected chi connectivity index (χ0v) is 20.3. The Hall–Kier alpha value is -3.47. The number of aromatic nitrogens is 2. The van der Waals surface area contributed by atoms with Gasteiger partial charge in [0, 0.05) is 40.9 Å². The molecule has 0 spiro atoms. The third-order valence-electron chi connectivity index (χ3n) is 7.69. The summed E-state index contributed by atoms with van der Waals surface area (Å²) in [5, 5.41) is -0.0738. The Bertz CT molecular complexity index is 1470. The number of methoxy groups -OCH3 is 1. The van der Waals surface area contributed by atoms with Gasteiger partial charge in [-0.15, -0.1) is 0 Å². The molecule has 1 saturated carbocycles. The third-order valence-corrected chi connectivity index (χ3v) is 7.69. The molecule has 4 atom stereocenters. The van der Waals surface area contributed by atoms with E-state index in [-0.39, 0.29) is 34.0 Å². The van der Waals surface area contributed by atoms with Crippen LogP contribution in [0.4, 0.5) is 17.6 Å². The average Bonchev–Trinajstić information content (AvgIpc) is 3.63. The van der Waals surface area contributed by atoms with E-state index >= 15 is 0 Å². The maximum atomic E-state index is 14.8. The molecule has 2 fully saturated rings. The maximum Gasteiger partial charge on any atom is 0.417 e. The summed E-state index contributed by atoms with van der Waals surface area (Å²) in [5.74, 6) is -3.36. The van der Waals surface area contributed by atoms with Gasteiger partial charge in [-0.3, -0.25) is 14.6 Å². The predicted molar refractivity (Wildman–Crippen MR) is 126 cm³/mol. The fourth-order valence-corrected chi connectivity index (χ4v) is 5.46. The van der Waals surface area contributed by atoms with E-state index in [1.165, 1.54) is 38.4 Å². The topological polar surface area (TPSA) is 107 Å². The lowest BCUT2D eigenvalue weighted by Gasteiger charge is -2.32. The number of H-pyrrole nitrogens is 1. The van der Waals surface area contributed by atoms with Gasteiger partial charge in [-0.25, -0.2) is 4.39 Å². The van der Waals surface area contributed by atoms with Gasteiger partial charge in [0.05, 0.1) is 18.0 Å². The number of halogens is 4. The first-order chi connectivity index (χ1) is 17.4. The Morgan fingerprint density at radius 1 is 1.27 bits per heavy atom. The number of nitrogens with two attached hydrogens (primary N) is 1. The molecule has 0 radical (unpaired) electrons. The summed E-state index contributed by atoms with van der Waals surface area (Å²) in [7, 11) is 1.36. The summed E-state index contributed by atoms with van der Waals surface area (Å²) in [6, 6.07) is 5.19. The molecular formula is C26H25F4N3O4. The number of fused-ring (bicyclic) bond motifs is 1. The average molecular weight is 519 g/mol. The number of ether oxygens (including phenoxy) is 2. The van der Waals surface area contributed by atoms with Gasteiger partial charge in [-0.1, -0.05) is 13.0 Å². The van der Waals surface area contributed by atoms with Crippen LogP contribution in [0.5, 0.6) is 5.75 Å². The van der Waals surface area contributed by atoms with Gasteiger partial charge in [-0.2, -0.15) is 13.2 Å². The first kappa shape index (κ1) is 25.2. The zero-order valence-electron chi connectivity index (χ0n) is 20.3. The van der Waals surface area contributed by atoms with Gasteiger partial charge in [-0.05, 0) is 37.8 Å². The smallest absolute Gasteiger partial charge is 0.417 e. The maximum absolute atomic E-state index is 14.8. The van der Waals surface area contributed by atoms with E-state index in [4.69, 9.17) is 15.2 Å². The number of carbonyl (C=O) groups excluding carboxylic acids is 1. The van der Waals surface area contributed by atoms with Crippen LogP contribution in [0.2, 0.25) is 0 Å². The van der Waals surface area contributed by atoms with Crippen molar-refractivity contribution in [1.29, 1.82) is 0 Å². The summed E-state index contributed by atoms with van der Waals surface area (Å²) in [6.45, 7) is 2.39. The van der Waals surface area contributed by atoms with Crippen molar-refractivity contribution in [2.45, 2.75) is 56.4 Å². The van der Waals surface area contributed by atoms with E-state index in [1.54, 1.807) is 0 Å². The summed E-state index contributed by atoms with van der Waals surface area (Å²) < 4.78 is 69.2. The minimum atomic E-state index is -4.74. The van der Waals surface area contributed by atoms with E-state index in [0.29, 0.717) is 11.1 Å². The Kier molecular flexibility index (Phi) is 5.82. The molecule has 1 amide bonds. The number of pyridine rings is 2. The van der Waals surface area contributed by atoms with Crippen LogP contribution < -0.4 is 15.9 Å². The lowest BCUT2D eigenvalue weighted by molar-refractivity contribution is -0.275. The standard InChI is InChI=1S/C26H25F4N3O4/c1-11-18(13-6-7-14(27)19(12-4-5-12)22(13)36-3)23(37-25(11,2)26(28,29)30)16-10-17(34)20-15(33-16)8-9-32-21(20)24(31)35/h6-12,18,23H,4-5H2,1-3H3,(H2,31,35)(H,33,34)/t11-,18-,23-,25+/m0/s1. The number of amides is 1. The van der Waals surface area contributed by atoms with E-state index in [2.05, 4.69) is 9.97 Å². The number of benzene rings is 1. The van der Waals surface area contributed by atoms with Crippen molar-refractivity contribution < 1.29 is 31.8 Å².